The molecular weight excluding hydrogens is 372 g/mol. The van der Waals surface area contributed by atoms with Crippen LogP contribution in [0.1, 0.15) is 0 Å². The van der Waals surface area contributed by atoms with Crippen molar-refractivity contribution in [1.29, 1.82) is 0 Å². The summed E-state index contributed by atoms with van der Waals surface area (Å²) in [6, 6.07) is 17.3. The second-order valence-electron chi connectivity index (χ2n) is 5.32. The van der Waals surface area contributed by atoms with Crippen LogP contribution in [-0.4, -0.2) is 21.2 Å². The Labute approximate surface area is 159 Å². The van der Waals surface area contributed by atoms with E-state index in [0.29, 0.717) is 15.9 Å². The van der Waals surface area contributed by atoms with Crippen LogP contribution >= 0.6 is 23.4 Å². The number of anilines is 2. The number of aromatic nitrogens is 2. The van der Waals surface area contributed by atoms with E-state index in [1.165, 1.54) is 6.07 Å². The van der Waals surface area contributed by atoms with E-state index in [4.69, 9.17) is 17.3 Å². The molecule has 0 fully saturated rings. The van der Waals surface area contributed by atoms with Crippen molar-refractivity contribution in [3.8, 4) is 5.69 Å². The first-order chi connectivity index (χ1) is 12.5. The fourth-order valence-electron chi connectivity index (χ4n) is 2.27. The summed E-state index contributed by atoms with van der Waals surface area (Å²) in [6.45, 7) is 0. The van der Waals surface area contributed by atoms with E-state index in [1.54, 1.807) is 28.8 Å². The zero-order valence-corrected chi connectivity index (χ0v) is 15.1. The van der Waals surface area contributed by atoms with Gasteiger partial charge in [0, 0.05) is 22.5 Å². The third-order valence-electron chi connectivity index (χ3n) is 3.40. The number of halogens is 1. The molecule has 0 radical (unpaired) electrons. The van der Waals surface area contributed by atoms with Crippen LogP contribution in [0, 0.1) is 0 Å². The molecule has 8 heteroatoms. The Morgan fingerprint density at radius 3 is 2.54 bits per heavy atom. The fraction of sp³-hybridized carbons (Fsp3) is 0.0556. The fourth-order valence-corrected chi connectivity index (χ4v) is 3.22. The van der Waals surface area contributed by atoms with Gasteiger partial charge in [0.1, 0.15) is 5.82 Å². The number of hydrogen-bond donors (Lipinski definition) is 2. The zero-order chi connectivity index (χ0) is 18.5. The van der Waals surface area contributed by atoms with Gasteiger partial charge >= 0.3 is 0 Å². The van der Waals surface area contributed by atoms with Crippen LogP contribution < -0.4 is 16.6 Å². The Morgan fingerprint density at radius 2 is 1.85 bits per heavy atom. The molecule has 26 heavy (non-hydrogen) atoms. The van der Waals surface area contributed by atoms with Gasteiger partial charge in [-0.1, -0.05) is 41.6 Å². The lowest BCUT2D eigenvalue weighted by molar-refractivity contribution is -0.113. The molecule has 0 unspecified atom stereocenters. The number of rotatable bonds is 5. The number of para-hydroxylation sites is 1. The Bertz CT molecular complexity index is 975. The molecule has 1 heterocycles. The number of carbonyl (C=O) groups is 1. The Balaban J connectivity index is 1.78. The number of amides is 1. The highest BCUT2D eigenvalue weighted by molar-refractivity contribution is 7.99. The SMILES string of the molecule is Nc1cc(=O)nc(SCC(=O)Nc2ccc(Cl)cc2)n1-c1ccccc1. The van der Waals surface area contributed by atoms with Crippen molar-refractivity contribution in [2.45, 2.75) is 5.16 Å². The molecule has 1 aromatic heterocycles. The summed E-state index contributed by atoms with van der Waals surface area (Å²) in [5, 5.41) is 3.71. The van der Waals surface area contributed by atoms with E-state index in [1.807, 2.05) is 30.3 Å². The molecule has 6 nitrogen and oxygen atoms in total. The van der Waals surface area contributed by atoms with Crippen LogP contribution in [0.15, 0.2) is 70.6 Å². The van der Waals surface area contributed by atoms with E-state index in [9.17, 15) is 9.59 Å². The van der Waals surface area contributed by atoms with Gasteiger partial charge in [0.15, 0.2) is 5.16 Å². The lowest BCUT2D eigenvalue weighted by Crippen LogP contribution is -2.19. The van der Waals surface area contributed by atoms with Crippen molar-refractivity contribution in [3.05, 3.63) is 76.0 Å². The summed E-state index contributed by atoms with van der Waals surface area (Å²) in [7, 11) is 0. The normalized spacial score (nSPS) is 10.5. The molecule has 0 saturated carbocycles. The lowest BCUT2D eigenvalue weighted by atomic mass is 10.3. The van der Waals surface area contributed by atoms with Crippen molar-refractivity contribution in [3.63, 3.8) is 0 Å². The molecule has 1 amide bonds. The maximum absolute atomic E-state index is 12.2. The summed E-state index contributed by atoms with van der Waals surface area (Å²) in [4.78, 5) is 27.9. The van der Waals surface area contributed by atoms with Crippen LogP contribution in [-0.2, 0) is 4.79 Å². The molecule has 132 valence electrons. The molecule has 3 aromatic rings. The van der Waals surface area contributed by atoms with Crippen molar-refractivity contribution in [2.24, 2.45) is 0 Å². The number of nitrogens with one attached hydrogen (secondary N) is 1. The molecule has 0 aliphatic carbocycles. The first-order valence-electron chi connectivity index (χ1n) is 7.66. The zero-order valence-electron chi connectivity index (χ0n) is 13.6. The Kier molecular flexibility index (Phi) is 5.60. The van der Waals surface area contributed by atoms with Crippen molar-refractivity contribution in [2.75, 3.05) is 16.8 Å². The van der Waals surface area contributed by atoms with E-state index in [2.05, 4.69) is 10.3 Å². The topological polar surface area (TPSA) is 90.0 Å². The maximum atomic E-state index is 12.2. The van der Waals surface area contributed by atoms with E-state index < -0.39 is 5.56 Å². The molecule has 2 aromatic carbocycles. The molecule has 0 atom stereocenters. The number of benzene rings is 2. The largest absolute Gasteiger partial charge is 0.385 e. The predicted octanol–water partition coefficient (Wildman–Crippen LogP) is 3.20. The van der Waals surface area contributed by atoms with E-state index in [-0.39, 0.29) is 17.5 Å². The molecule has 3 rings (SSSR count). The maximum Gasteiger partial charge on any atom is 0.275 e. The first kappa shape index (κ1) is 18.0. The van der Waals surface area contributed by atoms with Crippen LogP contribution in [0.5, 0.6) is 0 Å². The van der Waals surface area contributed by atoms with Crippen LogP contribution in [0.2, 0.25) is 5.02 Å². The average Bonchev–Trinajstić information content (AvgIpc) is 2.62. The second-order valence-corrected chi connectivity index (χ2v) is 6.70. The van der Waals surface area contributed by atoms with Crippen molar-refractivity contribution < 1.29 is 4.79 Å². The summed E-state index contributed by atoms with van der Waals surface area (Å²) < 4.78 is 1.64. The summed E-state index contributed by atoms with van der Waals surface area (Å²) >= 11 is 6.96. The van der Waals surface area contributed by atoms with Gasteiger partial charge < -0.3 is 11.1 Å². The minimum Gasteiger partial charge on any atom is -0.385 e. The van der Waals surface area contributed by atoms with Gasteiger partial charge in [-0.05, 0) is 36.4 Å². The number of nitrogens with two attached hydrogens (primary N) is 1. The number of nitrogen functional groups attached to an aromatic ring is 1. The molecule has 0 aliphatic rings. The van der Waals surface area contributed by atoms with Crippen molar-refractivity contribution >= 4 is 40.8 Å². The lowest BCUT2D eigenvalue weighted by Gasteiger charge is -2.14. The monoisotopic (exact) mass is 386 g/mol. The van der Waals surface area contributed by atoms with Crippen LogP contribution in [0.3, 0.4) is 0 Å². The number of thioether (sulfide) groups is 1. The van der Waals surface area contributed by atoms with Gasteiger partial charge in [-0.2, -0.15) is 4.98 Å². The van der Waals surface area contributed by atoms with Crippen LogP contribution in [0.25, 0.3) is 5.69 Å². The van der Waals surface area contributed by atoms with Gasteiger partial charge in [-0.15, -0.1) is 0 Å². The minimum atomic E-state index is -0.449. The summed E-state index contributed by atoms with van der Waals surface area (Å²) in [5.74, 6) is 0.108. The van der Waals surface area contributed by atoms with Gasteiger partial charge in [0.2, 0.25) is 5.91 Å². The number of hydrogen-bond acceptors (Lipinski definition) is 5. The van der Waals surface area contributed by atoms with Crippen molar-refractivity contribution in [1.82, 2.24) is 9.55 Å². The molecule has 0 spiro atoms. The van der Waals surface area contributed by atoms with E-state index in [0.717, 1.165) is 17.4 Å². The van der Waals surface area contributed by atoms with Crippen LogP contribution in [0.4, 0.5) is 11.5 Å². The molecule has 0 saturated heterocycles. The Morgan fingerprint density at radius 1 is 1.15 bits per heavy atom. The highest BCUT2D eigenvalue weighted by Crippen LogP contribution is 2.22. The highest BCUT2D eigenvalue weighted by Gasteiger charge is 2.12. The predicted molar refractivity (Wildman–Crippen MR) is 105 cm³/mol. The summed E-state index contributed by atoms with van der Waals surface area (Å²) in [6.07, 6.45) is 0. The number of nitrogens with zero attached hydrogens (tertiary/aromatic N) is 2. The van der Waals surface area contributed by atoms with Gasteiger partial charge in [-0.25, -0.2) is 0 Å². The standard InChI is InChI=1S/C18H15ClN4O2S/c19-12-6-8-13(9-7-12)21-17(25)11-26-18-22-16(24)10-15(20)23(18)14-4-2-1-3-5-14/h1-10H,11,20H2,(H,21,25). The second kappa shape index (κ2) is 8.07. The quantitative estimate of drug-likeness (QED) is 0.519. The van der Waals surface area contributed by atoms with Gasteiger partial charge in [0.05, 0.1) is 5.75 Å². The minimum absolute atomic E-state index is 0.0748. The average molecular weight is 387 g/mol. The first-order valence-corrected chi connectivity index (χ1v) is 9.02. The third kappa shape index (κ3) is 4.44. The smallest absolute Gasteiger partial charge is 0.275 e. The Hall–Kier alpha value is -2.77. The highest BCUT2D eigenvalue weighted by atomic mass is 35.5. The van der Waals surface area contributed by atoms with Gasteiger partial charge in [0.25, 0.3) is 5.56 Å². The number of carbonyl (C=O) groups excluding carboxylic acids is 1. The summed E-state index contributed by atoms with van der Waals surface area (Å²) in [5.41, 5.74) is 6.95. The molecule has 0 aliphatic heterocycles. The van der Waals surface area contributed by atoms with Gasteiger partial charge in [-0.3, -0.25) is 14.2 Å². The molecular formula is C18H15ClN4O2S. The third-order valence-corrected chi connectivity index (χ3v) is 4.59. The molecule has 0 bridgehead atoms. The molecule has 3 N–H and O–H groups in total. The van der Waals surface area contributed by atoms with E-state index >= 15 is 0 Å².